The first-order chi connectivity index (χ1) is 8.15. The molecule has 0 nitrogen and oxygen atoms in total. The quantitative estimate of drug-likeness (QED) is 0.563. The van der Waals surface area contributed by atoms with Crippen molar-refractivity contribution >= 4 is 0 Å². The van der Waals surface area contributed by atoms with Gasteiger partial charge in [0, 0.05) is 0 Å². The fourth-order valence-electron chi connectivity index (χ4n) is 3.59. The van der Waals surface area contributed by atoms with Gasteiger partial charge in [0.25, 0.3) is 0 Å². The Morgan fingerprint density at radius 2 is 1.94 bits per heavy atom. The number of allylic oxidation sites excluding steroid dienone is 3. The Bertz CT molecular complexity index is 289. The van der Waals surface area contributed by atoms with Crippen molar-refractivity contribution in [3.63, 3.8) is 0 Å². The smallest absolute Gasteiger partial charge is 0.0203 e. The van der Waals surface area contributed by atoms with Crippen molar-refractivity contribution in [2.24, 2.45) is 17.8 Å². The average molecular weight is 232 g/mol. The lowest BCUT2D eigenvalue weighted by molar-refractivity contribution is 0.306. The first kappa shape index (κ1) is 12.9. The van der Waals surface area contributed by atoms with E-state index >= 15 is 0 Å². The molecular formula is C17H28. The third-order valence-electron chi connectivity index (χ3n) is 4.73. The van der Waals surface area contributed by atoms with E-state index in [0.29, 0.717) is 0 Å². The molecule has 0 saturated heterocycles. The van der Waals surface area contributed by atoms with Crippen LogP contribution in [0.3, 0.4) is 0 Å². The number of rotatable bonds is 3. The van der Waals surface area contributed by atoms with E-state index in [1.165, 1.54) is 56.9 Å². The molecule has 0 radical (unpaired) electrons. The summed E-state index contributed by atoms with van der Waals surface area (Å²) in [6.45, 7) is 8.63. The highest BCUT2D eigenvalue weighted by Crippen LogP contribution is 2.38. The molecule has 1 fully saturated rings. The van der Waals surface area contributed by atoms with Crippen LogP contribution in [0.4, 0.5) is 0 Å². The van der Waals surface area contributed by atoms with Gasteiger partial charge in [-0.1, -0.05) is 37.0 Å². The maximum Gasteiger partial charge on any atom is -0.0203 e. The molecule has 0 aromatic rings. The highest BCUT2D eigenvalue weighted by Gasteiger charge is 2.24. The van der Waals surface area contributed by atoms with Crippen LogP contribution >= 0.6 is 0 Å². The monoisotopic (exact) mass is 232 g/mol. The molecule has 2 aliphatic rings. The third kappa shape index (κ3) is 3.72. The number of hydrogen-bond acceptors (Lipinski definition) is 0. The summed E-state index contributed by atoms with van der Waals surface area (Å²) in [5.74, 6) is 2.81. The second-order valence-electron chi connectivity index (χ2n) is 6.54. The Kier molecular flexibility index (Phi) is 4.48. The Labute approximate surface area is 107 Å². The summed E-state index contributed by atoms with van der Waals surface area (Å²) in [6.07, 6.45) is 13.7. The summed E-state index contributed by atoms with van der Waals surface area (Å²) in [7, 11) is 0. The normalized spacial score (nSPS) is 34.2. The van der Waals surface area contributed by atoms with Gasteiger partial charge < -0.3 is 0 Å². The highest BCUT2D eigenvalue weighted by atomic mass is 14.3. The van der Waals surface area contributed by atoms with E-state index in [1.807, 2.05) is 0 Å². The summed E-state index contributed by atoms with van der Waals surface area (Å²) < 4.78 is 0. The van der Waals surface area contributed by atoms with Crippen LogP contribution in [0.25, 0.3) is 0 Å². The van der Waals surface area contributed by atoms with Crippen molar-refractivity contribution in [1.29, 1.82) is 0 Å². The van der Waals surface area contributed by atoms with Crippen molar-refractivity contribution in [3.8, 4) is 0 Å². The molecule has 0 heteroatoms. The molecule has 2 aliphatic carbocycles. The van der Waals surface area contributed by atoms with Crippen molar-refractivity contribution in [1.82, 2.24) is 0 Å². The molecule has 0 spiro atoms. The molecule has 96 valence electrons. The minimum absolute atomic E-state index is 0.888. The van der Waals surface area contributed by atoms with E-state index in [4.69, 9.17) is 0 Å². The molecule has 17 heavy (non-hydrogen) atoms. The molecule has 0 aromatic heterocycles. The lowest BCUT2D eigenvalue weighted by atomic mass is 9.74. The lowest BCUT2D eigenvalue weighted by Crippen LogP contribution is -2.17. The van der Waals surface area contributed by atoms with Crippen molar-refractivity contribution in [3.05, 3.63) is 23.8 Å². The standard InChI is InChI=1S/C17H28/c1-13(2)12-15-6-10-17(11-7-15)16-8-4-14(3)5-9-16/h10,14-16H,1,4-9,11-12H2,2-3H3. The van der Waals surface area contributed by atoms with Crippen LogP contribution in [-0.2, 0) is 0 Å². The first-order valence-electron chi connectivity index (χ1n) is 7.48. The van der Waals surface area contributed by atoms with E-state index in [-0.39, 0.29) is 0 Å². The molecule has 2 rings (SSSR count). The fourth-order valence-corrected chi connectivity index (χ4v) is 3.59. The Morgan fingerprint density at radius 3 is 2.47 bits per heavy atom. The van der Waals surface area contributed by atoms with Gasteiger partial charge >= 0.3 is 0 Å². The van der Waals surface area contributed by atoms with Crippen LogP contribution in [0.1, 0.15) is 65.2 Å². The van der Waals surface area contributed by atoms with Gasteiger partial charge in [0.05, 0.1) is 0 Å². The SMILES string of the molecule is C=C(C)CC1CC=C(C2CCC(C)CC2)CC1. The maximum atomic E-state index is 4.05. The average Bonchev–Trinajstić information content (AvgIpc) is 2.30. The van der Waals surface area contributed by atoms with Crippen molar-refractivity contribution in [2.75, 3.05) is 0 Å². The lowest BCUT2D eigenvalue weighted by Gasteiger charge is -2.31. The van der Waals surface area contributed by atoms with Gasteiger partial charge in [-0.25, -0.2) is 0 Å². The van der Waals surface area contributed by atoms with Crippen LogP contribution in [0.2, 0.25) is 0 Å². The second kappa shape index (κ2) is 5.89. The molecule has 0 amide bonds. The molecule has 0 aromatic carbocycles. The van der Waals surface area contributed by atoms with Crippen LogP contribution in [0.15, 0.2) is 23.8 Å². The van der Waals surface area contributed by atoms with E-state index in [2.05, 4.69) is 26.5 Å². The fraction of sp³-hybridized carbons (Fsp3) is 0.765. The largest absolute Gasteiger partial charge is 0.100 e. The van der Waals surface area contributed by atoms with Crippen LogP contribution in [0, 0.1) is 17.8 Å². The van der Waals surface area contributed by atoms with Crippen LogP contribution in [0.5, 0.6) is 0 Å². The first-order valence-corrected chi connectivity index (χ1v) is 7.48. The summed E-state index contributed by atoms with van der Waals surface area (Å²) in [4.78, 5) is 0. The molecule has 1 saturated carbocycles. The maximum absolute atomic E-state index is 4.05. The van der Waals surface area contributed by atoms with Crippen molar-refractivity contribution in [2.45, 2.75) is 65.2 Å². The molecule has 0 aliphatic heterocycles. The predicted molar refractivity (Wildman–Crippen MR) is 76.0 cm³/mol. The van der Waals surface area contributed by atoms with E-state index < -0.39 is 0 Å². The topological polar surface area (TPSA) is 0 Å². The van der Waals surface area contributed by atoms with Crippen LogP contribution in [-0.4, -0.2) is 0 Å². The molecule has 0 heterocycles. The predicted octanol–water partition coefficient (Wildman–Crippen LogP) is 5.51. The molecule has 0 bridgehead atoms. The minimum atomic E-state index is 0.888. The Hall–Kier alpha value is -0.520. The van der Waals surface area contributed by atoms with E-state index in [1.54, 1.807) is 5.57 Å². The highest BCUT2D eigenvalue weighted by molar-refractivity contribution is 5.12. The van der Waals surface area contributed by atoms with E-state index in [0.717, 1.165) is 17.8 Å². The van der Waals surface area contributed by atoms with Gasteiger partial charge in [-0.05, 0) is 63.2 Å². The molecule has 0 N–H and O–H groups in total. The van der Waals surface area contributed by atoms with Gasteiger partial charge in [0.1, 0.15) is 0 Å². The minimum Gasteiger partial charge on any atom is -0.100 e. The summed E-state index contributed by atoms with van der Waals surface area (Å²) in [5, 5.41) is 0. The zero-order chi connectivity index (χ0) is 12.3. The Morgan fingerprint density at radius 1 is 1.24 bits per heavy atom. The number of hydrogen-bond donors (Lipinski definition) is 0. The van der Waals surface area contributed by atoms with Gasteiger partial charge in [0.2, 0.25) is 0 Å². The summed E-state index contributed by atoms with van der Waals surface area (Å²) in [5.41, 5.74) is 3.16. The molecule has 1 unspecified atom stereocenters. The van der Waals surface area contributed by atoms with Crippen molar-refractivity contribution < 1.29 is 0 Å². The summed E-state index contributed by atoms with van der Waals surface area (Å²) in [6, 6.07) is 0. The van der Waals surface area contributed by atoms with Gasteiger partial charge in [-0.3, -0.25) is 0 Å². The van der Waals surface area contributed by atoms with Crippen LogP contribution < -0.4 is 0 Å². The van der Waals surface area contributed by atoms with Gasteiger partial charge in [0.15, 0.2) is 0 Å². The zero-order valence-corrected chi connectivity index (χ0v) is 11.7. The van der Waals surface area contributed by atoms with E-state index in [9.17, 15) is 0 Å². The zero-order valence-electron chi connectivity index (χ0n) is 11.7. The van der Waals surface area contributed by atoms with Gasteiger partial charge in [-0.2, -0.15) is 0 Å². The molecule has 1 atom stereocenters. The van der Waals surface area contributed by atoms with Gasteiger partial charge in [-0.15, -0.1) is 6.58 Å². The third-order valence-corrected chi connectivity index (χ3v) is 4.73. The Balaban J connectivity index is 1.83. The molecular weight excluding hydrogens is 204 g/mol. The summed E-state index contributed by atoms with van der Waals surface area (Å²) >= 11 is 0. The second-order valence-corrected chi connectivity index (χ2v) is 6.54.